The number of nitrogens with zero attached hydrogens (tertiary/aromatic N) is 2. The predicted molar refractivity (Wildman–Crippen MR) is 120 cm³/mol. The lowest BCUT2D eigenvalue weighted by Crippen LogP contribution is -2.41. The monoisotopic (exact) mass is 404 g/mol. The van der Waals surface area contributed by atoms with Gasteiger partial charge in [-0.15, -0.1) is 0 Å². The summed E-state index contributed by atoms with van der Waals surface area (Å²) < 4.78 is 5.40. The van der Waals surface area contributed by atoms with Gasteiger partial charge in [-0.3, -0.25) is 14.8 Å². The van der Waals surface area contributed by atoms with Gasteiger partial charge in [-0.25, -0.2) is 0 Å². The van der Waals surface area contributed by atoms with Crippen LogP contribution in [0.5, 0.6) is 5.75 Å². The Kier molecular flexibility index (Phi) is 6.44. The lowest BCUT2D eigenvalue weighted by atomic mass is 9.98. The molecule has 2 aromatic carbocycles. The van der Waals surface area contributed by atoms with E-state index in [9.17, 15) is 4.79 Å². The number of hydrogen-bond donors (Lipinski definition) is 2. The predicted octanol–water partition coefficient (Wildman–Crippen LogP) is 3.73. The second kappa shape index (κ2) is 9.59. The highest BCUT2D eigenvalue weighted by Gasteiger charge is 2.21. The minimum Gasteiger partial charge on any atom is -0.496 e. The number of para-hydroxylation sites is 2. The number of benzene rings is 2. The first-order valence-corrected chi connectivity index (χ1v) is 10.5. The zero-order valence-corrected chi connectivity index (χ0v) is 17.3. The molecule has 0 spiro atoms. The van der Waals surface area contributed by atoms with Crippen LogP contribution in [-0.4, -0.2) is 54.3 Å². The Morgan fingerprint density at radius 2 is 2.10 bits per heavy atom. The summed E-state index contributed by atoms with van der Waals surface area (Å²) in [5.41, 5.74) is 2.44. The van der Waals surface area contributed by atoms with Gasteiger partial charge in [-0.05, 0) is 37.4 Å². The van der Waals surface area contributed by atoms with Gasteiger partial charge in [0.25, 0.3) is 5.91 Å². The maximum atomic E-state index is 12.6. The molecule has 6 heteroatoms. The highest BCUT2D eigenvalue weighted by molar-refractivity contribution is 6.04. The van der Waals surface area contributed by atoms with Crippen molar-refractivity contribution in [2.75, 3.05) is 33.3 Å². The molecule has 0 radical (unpaired) electrons. The summed E-state index contributed by atoms with van der Waals surface area (Å²) in [6.07, 6.45) is 6.59. The number of carbonyl (C=O) groups excluding carboxylic acids is 1. The van der Waals surface area contributed by atoms with Gasteiger partial charge < -0.3 is 10.1 Å². The van der Waals surface area contributed by atoms with Crippen LogP contribution in [0.2, 0.25) is 0 Å². The fourth-order valence-corrected chi connectivity index (χ4v) is 4.07. The smallest absolute Gasteiger partial charge is 0.272 e. The van der Waals surface area contributed by atoms with E-state index >= 15 is 0 Å². The van der Waals surface area contributed by atoms with Gasteiger partial charge >= 0.3 is 0 Å². The topological polar surface area (TPSA) is 70.2 Å². The van der Waals surface area contributed by atoms with E-state index in [1.165, 1.54) is 0 Å². The van der Waals surface area contributed by atoms with Crippen LogP contribution in [0.15, 0.2) is 54.6 Å². The number of carbonyl (C=O) groups is 1. The van der Waals surface area contributed by atoms with Gasteiger partial charge in [0.2, 0.25) is 0 Å². The number of aromatic nitrogens is 2. The average Bonchev–Trinajstić information content (AvgIpc) is 3.22. The molecule has 6 nitrogen and oxygen atoms in total. The second-order valence-corrected chi connectivity index (χ2v) is 7.74. The Morgan fingerprint density at radius 1 is 1.27 bits per heavy atom. The summed E-state index contributed by atoms with van der Waals surface area (Å²) in [6.45, 7) is 3.64. The Labute approximate surface area is 176 Å². The van der Waals surface area contributed by atoms with Crippen LogP contribution in [0.25, 0.3) is 17.0 Å². The highest BCUT2D eigenvalue weighted by Crippen LogP contribution is 2.20. The van der Waals surface area contributed by atoms with Crippen molar-refractivity contribution in [3.8, 4) is 5.75 Å². The number of rotatable bonds is 7. The fraction of sp³-hybridized carbons (Fsp3) is 0.333. The van der Waals surface area contributed by atoms with E-state index in [4.69, 9.17) is 4.74 Å². The van der Waals surface area contributed by atoms with Crippen LogP contribution in [0.1, 0.15) is 28.9 Å². The standard InChI is InChI=1S/C24H28N4O2/c1-30-22-13-5-2-9-19(22)10-7-15-28-14-6-8-18(17-28)16-25-24(29)23-20-11-3-4-12-21(20)26-27-23/h2-5,7,9-13,18H,6,8,14-17H2,1H3,(H,25,29)(H,26,27)/b10-7+/t18-/m1/s1. The lowest BCUT2D eigenvalue weighted by Gasteiger charge is -2.32. The van der Waals surface area contributed by atoms with Crippen molar-refractivity contribution < 1.29 is 9.53 Å². The fourth-order valence-electron chi connectivity index (χ4n) is 4.07. The van der Waals surface area contributed by atoms with Crippen molar-refractivity contribution in [2.24, 2.45) is 5.92 Å². The zero-order chi connectivity index (χ0) is 20.8. The van der Waals surface area contributed by atoms with E-state index < -0.39 is 0 Å². The molecule has 0 saturated carbocycles. The van der Waals surface area contributed by atoms with Crippen molar-refractivity contribution in [3.05, 3.63) is 65.9 Å². The Balaban J connectivity index is 1.29. The van der Waals surface area contributed by atoms with Crippen LogP contribution >= 0.6 is 0 Å². The number of fused-ring (bicyclic) bond motifs is 1. The molecule has 1 saturated heterocycles. The van der Waals surface area contributed by atoms with Crippen LogP contribution in [0, 0.1) is 5.92 Å². The second-order valence-electron chi connectivity index (χ2n) is 7.74. The number of aromatic amines is 1. The van der Waals surface area contributed by atoms with E-state index in [1.54, 1.807) is 7.11 Å². The Morgan fingerprint density at radius 3 is 3.00 bits per heavy atom. The normalized spacial score (nSPS) is 17.4. The van der Waals surface area contributed by atoms with Crippen LogP contribution < -0.4 is 10.1 Å². The van der Waals surface area contributed by atoms with E-state index in [1.807, 2.05) is 42.5 Å². The molecule has 0 unspecified atom stereocenters. The summed E-state index contributed by atoms with van der Waals surface area (Å²) >= 11 is 0. The molecule has 1 fully saturated rings. The van der Waals surface area contributed by atoms with Crippen molar-refractivity contribution >= 4 is 22.9 Å². The molecule has 1 aromatic heterocycles. The molecule has 3 aromatic rings. The first kappa shape index (κ1) is 20.2. The SMILES string of the molecule is COc1ccccc1/C=C/CN1CCC[C@H](CNC(=O)c2n[nH]c3ccccc23)C1. The maximum Gasteiger partial charge on any atom is 0.272 e. The molecule has 156 valence electrons. The number of amides is 1. The summed E-state index contributed by atoms with van der Waals surface area (Å²) in [6, 6.07) is 15.7. The number of hydrogen-bond acceptors (Lipinski definition) is 4. The summed E-state index contributed by atoms with van der Waals surface area (Å²) in [5.74, 6) is 1.23. The number of nitrogens with one attached hydrogen (secondary N) is 2. The van der Waals surface area contributed by atoms with Crippen LogP contribution in [-0.2, 0) is 0 Å². The molecule has 30 heavy (non-hydrogen) atoms. The van der Waals surface area contributed by atoms with Crippen molar-refractivity contribution in [3.63, 3.8) is 0 Å². The first-order chi connectivity index (χ1) is 14.7. The van der Waals surface area contributed by atoms with Gasteiger partial charge in [0.05, 0.1) is 12.6 Å². The molecular weight excluding hydrogens is 376 g/mol. The number of H-pyrrole nitrogens is 1. The van der Waals surface area contributed by atoms with Crippen molar-refractivity contribution in [1.29, 1.82) is 0 Å². The molecule has 0 aliphatic carbocycles. The lowest BCUT2D eigenvalue weighted by molar-refractivity contribution is 0.0931. The Bertz CT molecular complexity index is 1030. The molecule has 1 atom stereocenters. The molecule has 1 amide bonds. The van der Waals surface area contributed by atoms with Gasteiger partial charge in [-0.2, -0.15) is 5.10 Å². The van der Waals surface area contributed by atoms with Gasteiger partial charge in [-0.1, -0.05) is 48.6 Å². The number of methoxy groups -OCH3 is 1. The summed E-state index contributed by atoms with van der Waals surface area (Å²) in [5, 5.41) is 11.1. The number of piperidine rings is 1. The van der Waals surface area contributed by atoms with Crippen LogP contribution in [0.4, 0.5) is 0 Å². The quantitative estimate of drug-likeness (QED) is 0.630. The number of ether oxygens (including phenoxy) is 1. The van der Waals surface area contributed by atoms with Crippen molar-refractivity contribution in [2.45, 2.75) is 12.8 Å². The van der Waals surface area contributed by atoms with E-state index in [0.29, 0.717) is 18.2 Å². The average molecular weight is 405 g/mol. The summed E-state index contributed by atoms with van der Waals surface area (Å²) in [4.78, 5) is 15.0. The molecule has 0 bridgehead atoms. The van der Waals surface area contributed by atoms with E-state index in [-0.39, 0.29) is 5.91 Å². The third kappa shape index (κ3) is 4.71. The first-order valence-electron chi connectivity index (χ1n) is 10.5. The molecular formula is C24H28N4O2. The van der Waals surface area contributed by atoms with Crippen LogP contribution in [0.3, 0.4) is 0 Å². The van der Waals surface area contributed by atoms with E-state index in [2.05, 4.69) is 38.6 Å². The van der Waals surface area contributed by atoms with Gasteiger partial charge in [0.1, 0.15) is 5.75 Å². The van der Waals surface area contributed by atoms with E-state index in [0.717, 1.165) is 54.7 Å². The minimum atomic E-state index is -0.111. The van der Waals surface area contributed by atoms with Gasteiger partial charge in [0.15, 0.2) is 5.69 Å². The third-order valence-corrected chi connectivity index (χ3v) is 5.64. The number of likely N-dealkylation sites (tertiary alicyclic amines) is 1. The maximum absolute atomic E-state index is 12.6. The Hall–Kier alpha value is -3.12. The molecule has 2 heterocycles. The van der Waals surface area contributed by atoms with Crippen molar-refractivity contribution in [1.82, 2.24) is 20.4 Å². The third-order valence-electron chi connectivity index (χ3n) is 5.64. The largest absolute Gasteiger partial charge is 0.496 e. The molecule has 1 aliphatic rings. The zero-order valence-electron chi connectivity index (χ0n) is 17.3. The molecule has 2 N–H and O–H groups in total. The minimum absolute atomic E-state index is 0.111. The summed E-state index contributed by atoms with van der Waals surface area (Å²) in [7, 11) is 1.70. The highest BCUT2D eigenvalue weighted by atomic mass is 16.5. The molecule has 1 aliphatic heterocycles. The molecule has 4 rings (SSSR count). The van der Waals surface area contributed by atoms with Gasteiger partial charge in [0, 0.05) is 30.6 Å².